The van der Waals surface area contributed by atoms with Gasteiger partial charge >= 0.3 is 0 Å². The molecule has 0 atom stereocenters. The predicted octanol–water partition coefficient (Wildman–Crippen LogP) is 0.187. The van der Waals surface area contributed by atoms with Crippen molar-refractivity contribution in [1.82, 2.24) is 0 Å². The van der Waals surface area contributed by atoms with Gasteiger partial charge in [0.2, 0.25) is 0 Å². The van der Waals surface area contributed by atoms with Crippen molar-refractivity contribution in [2.24, 2.45) is 5.41 Å². The molecule has 0 aliphatic carbocycles. The van der Waals surface area contributed by atoms with Gasteiger partial charge in [-0.05, 0) is 5.41 Å². The lowest BCUT2D eigenvalue weighted by Crippen LogP contribution is -2.30. The highest BCUT2D eigenvalue weighted by atomic mass is 28.2. The van der Waals surface area contributed by atoms with Crippen LogP contribution in [0, 0.1) is 5.41 Å². The Labute approximate surface area is 211 Å². The third-order valence-electron chi connectivity index (χ3n) is 6.69. The molecule has 0 aromatic rings. The summed E-state index contributed by atoms with van der Waals surface area (Å²) in [7, 11) is 12.2. The van der Waals surface area contributed by atoms with Crippen LogP contribution >= 0.6 is 0 Å². The molecule has 0 amide bonds. The Hall–Kier alpha value is 0.548. The number of methoxy groups -OCH3 is 8. The van der Waals surface area contributed by atoms with Crippen LogP contribution in [0.2, 0.25) is 24.2 Å². The van der Waals surface area contributed by atoms with Crippen LogP contribution in [0.5, 0.6) is 0 Å². The van der Waals surface area contributed by atoms with Crippen LogP contribution in [0.15, 0.2) is 0 Å². The van der Waals surface area contributed by atoms with Crippen LogP contribution in [0.25, 0.3) is 0 Å². The molecule has 0 saturated heterocycles. The fourth-order valence-electron chi connectivity index (χ4n) is 4.65. The number of rotatable bonds is 24. The Morgan fingerprint density at radius 1 is 0.394 bits per heavy atom. The van der Waals surface area contributed by atoms with E-state index in [0.29, 0.717) is 5.41 Å². The zero-order valence-electron chi connectivity index (χ0n) is 22.6. The van der Waals surface area contributed by atoms with Crippen LogP contribution < -0.4 is 0 Å². The summed E-state index contributed by atoms with van der Waals surface area (Å²) in [5, 5.41) is 0. The molecule has 0 aliphatic heterocycles. The lowest BCUT2D eigenvalue weighted by atomic mass is 9.77. The lowest BCUT2D eigenvalue weighted by Gasteiger charge is -2.36. The van der Waals surface area contributed by atoms with Crippen molar-refractivity contribution in [1.29, 1.82) is 0 Å². The van der Waals surface area contributed by atoms with E-state index in [-0.39, 0.29) is 23.7 Å². The maximum atomic E-state index is 5.50. The Bertz CT molecular complexity index is 346. The van der Waals surface area contributed by atoms with Gasteiger partial charge < -0.3 is 37.9 Å². The van der Waals surface area contributed by atoms with E-state index < -0.39 is 38.1 Å². The maximum absolute atomic E-state index is 5.50. The summed E-state index contributed by atoms with van der Waals surface area (Å²) in [5.41, 5.74) is 0.329. The van der Waals surface area contributed by atoms with Gasteiger partial charge in [0, 0.05) is 56.9 Å². The molecular weight excluding hydrogens is 493 g/mol. The van der Waals surface area contributed by atoms with Crippen LogP contribution in [0.4, 0.5) is 0 Å². The molecule has 0 rings (SSSR count). The van der Waals surface area contributed by atoms with E-state index in [9.17, 15) is 0 Å². The van der Waals surface area contributed by atoms with Gasteiger partial charge in [-0.25, -0.2) is 0 Å². The number of hydrogen-bond donors (Lipinski definition) is 0. The van der Waals surface area contributed by atoms with Crippen LogP contribution in [-0.4, -0.2) is 119 Å². The van der Waals surface area contributed by atoms with Gasteiger partial charge in [0.15, 0.2) is 0 Å². The van der Waals surface area contributed by atoms with Crippen molar-refractivity contribution in [3.05, 3.63) is 0 Å². The molecule has 0 N–H and O–H groups in total. The molecule has 0 heterocycles. The SMILES string of the molecule is COC(OC)[SiH2]CCC(CC[SiH2]C(OC)OC)(CC[SiH2]C(OC)OC)CC[SiH2]C(OC)OC. The minimum Gasteiger partial charge on any atom is -0.360 e. The quantitative estimate of drug-likeness (QED) is 0.126. The molecule has 0 saturated carbocycles. The Kier molecular flexibility index (Phi) is 22.2. The summed E-state index contributed by atoms with van der Waals surface area (Å²) in [6, 6.07) is 4.91. The van der Waals surface area contributed by atoms with E-state index >= 15 is 0 Å². The molecule has 0 aromatic carbocycles. The molecule has 0 spiro atoms. The van der Waals surface area contributed by atoms with E-state index in [1.54, 1.807) is 56.9 Å². The van der Waals surface area contributed by atoms with Crippen LogP contribution in [0.1, 0.15) is 25.7 Å². The molecule has 200 valence electrons. The molecule has 0 fully saturated rings. The highest BCUT2D eigenvalue weighted by Crippen LogP contribution is 2.41. The van der Waals surface area contributed by atoms with Crippen molar-refractivity contribution < 1.29 is 37.9 Å². The second kappa shape index (κ2) is 21.8. The van der Waals surface area contributed by atoms with Gasteiger partial charge in [-0.1, -0.05) is 49.9 Å². The molecule has 8 nitrogen and oxygen atoms in total. The van der Waals surface area contributed by atoms with E-state index in [1.807, 2.05) is 0 Å². The first-order valence-corrected chi connectivity index (χ1v) is 19.5. The molecular formula is C21H52O8Si4. The number of hydrogen-bond acceptors (Lipinski definition) is 8. The molecule has 0 radical (unpaired) electrons. The lowest BCUT2D eigenvalue weighted by molar-refractivity contribution is -0.0448. The highest BCUT2D eigenvalue weighted by Gasteiger charge is 2.30. The second-order valence-electron chi connectivity index (χ2n) is 8.67. The van der Waals surface area contributed by atoms with Crippen LogP contribution in [0.3, 0.4) is 0 Å². The van der Waals surface area contributed by atoms with Crippen molar-refractivity contribution in [2.75, 3.05) is 56.9 Å². The summed E-state index contributed by atoms with van der Waals surface area (Å²) in [6.45, 7) is 0. The fraction of sp³-hybridized carbons (Fsp3) is 1.00. The van der Waals surface area contributed by atoms with Crippen LogP contribution in [-0.2, 0) is 37.9 Å². The minimum absolute atomic E-state index is 0.00455. The van der Waals surface area contributed by atoms with Gasteiger partial charge in [-0.2, -0.15) is 0 Å². The smallest absolute Gasteiger partial charge is 0.134 e. The van der Waals surface area contributed by atoms with Gasteiger partial charge in [0.1, 0.15) is 23.7 Å². The topological polar surface area (TPSA) is 73.8 Å². The zero-order chi connectivity index (χ0) is 25.0. The van der Waals surface area contributed by atoms with E-state index in [0.717, 1.165) is 0 Å². The van der Waals surface area contributed by atoms with Gasteiger partial charge in [0.25, 0.3) is 0 Å². The summed E-state index contributed by atoms with van der Waals surface area (Å²) in [4.78, 5) is 0. The number of ether oxygens (including phenoxy) is 8. The maximum Gasteiger partial charge on any atom is 0.134 e. The first-order valence-electron chi connectivity index (χ1n) is 12.2. The summed E-state index contributed by atoms with van der Waals surface area (Å²) < 4.78 is 44.0. The van der Waals surface area contributed by atoms with E-state index in [1.165, 1.54) is 49.9 Å². The van der Waals surface area contributed by atoms with Crippen molar-refractivity contribution in [3.63, 3.8) is 0 Å². The summed E-state index contributed by atoms with van der Waals surface area (Å²) >= 11 is 0. The average molecular weight is 545 g/mol. The Morgan fingerprint density at radius 2 is 0.576 bits per heavy atom. The summed E-state index contributed by atoms with van der Waals surface area (Å²) in [6.07, 6.45) is 4.94. The third-order valence-corrected chi connectivity index (χ3v) is 14.3. The molecule has 12 heteroatoms. The highest BCUT2D eigenvalue weighted by molar-refractivity contribution is 6.37. The monoisotopic (exact) mass is 544 g/mol. The van der Waals surface area contributed by atoms with Gasteiger partial charge in [-0.3, -0.25) is 0 Å². The summed E-state index contributed by atoms with van der Waals surface area (Å²) in [5.74, 6) is 0.0182. The van der Waals surface area contributed by atoms with Gasteiger partial charge in [0.05, 0.1) is 38.1 Å². The van der Waals surface area contributed by atoms with Crippen molar-refractivity contribution in [3.8, 4) is 0 Å². The molecule has 0 unspecified atom stereocenters. The van der Waals surface area contributed by atoms with Crippen molar-refractivity contribution >= 4 is 38.1 Å². The van der Waals surface area contributed by atoms with Gasteiger partial charge in [-0.15, -0.1) is 0 Å². The minimum atomic E-state index is -0.456. The van der Waals surface area contributed by atoms with E-state index in [2.05, 4.69) is 0 Å². The Morgan fingerprint density at radius 3 is 0.727 bits per heavy atom. The molecule has 33 heavy (non-hydrogen) atoms. The normalized spacial score (nSPS) is 15.6. The van der Waals surface area contributed by atoms with E-state index in [4.69, 9.17) is 37.9 Å². The first-order chi connectivity index (χ1) is 16.0. The fourth-order valence-corrected chi connectivity index (χ4v) is 11.7. The third kappa shape index (κ3) is 15.3. The zero-order valence-corrected chi connectivity index (χ0v) is 28.2. The average Bonchev–Trinajstić information content (AvgIpc) is 2.85. The largest absolute Gasteiger partial charge is 0.360 e. The molecule has 0 bridgehead atoms. The first kappa shape index (κ1) is 33.5. The second-order valence-corrected chi connectivity index (χ2v) is 16.5. The molecule has 0 aliphatic rings. The molecule has 0 aromatic heterocycles. The predicted molar refractivity (Wildman–Crippen MR) is 146 cm³/mol. The Balaban J connectivity index is 5.33. The standard InChI is InChI=1S/C21H52O8Si4/c1-22-17(23-2)30-13-9-21(10-14-31-18(24-3)25-4,11-15-32-19(26-5)27-6)12-16-33-20(28-7)29-8/h17-20H,9-16,30-33H2,1-8H3. The van der Waals surface area contributed by atoms with Crippen molar-refractivity contribution in [2.45, 2.75) is 73.5 Å².